The zero-order valence-electron chi connectivity index (χ0n) is 5.89. The van der Waals surface area contributed by atoms with E-state index in [9.17, 15) is 0 Å². The van der Waals surface area contributed by atoms with Crippen molar-refractivity contribution in [1.29, 1.82) is 0 Å². The van der Waals surface area contributed by atoms with Gasteiger partial charge in [0, 0.05) is 7.05 Å². The molecule has 0 fully saturated rings. The van der Waals surface area contributed by atoms with Gasteiger partial charge in [0.05, 0.1) is 0 Å². The van der Waals surface area contributed by atoms with Crippen LogP contribution in [0.5, 0.6) is 0 Å². The summed E-state index contributed by atoms with van der Waals surface area (Å²) in [6, 6.07) is 0. The predicted molar refractivity (Wildman–Crippen MR) is 38.5 cm³/mol. The first kappa shape index (κ1) is 5.96. The van der Waals surface area contributed by atoms with E-state index < -0.39 is 0 Å². The fourth-order valence-electron chi connectivity index (χ4n) is 0.903. The van der Waals surface area contributed by atoms with Crippen LogP contribution in [-0.4, -0.2) is 31.8 Å². The number of hydrogen-bond acceptors (Lipinski definition) is 5. The summed E-state index contributed by atoms with van der Waals surface area (Å²) in [5.74, 6) is 0.358. The number of nitrogen functional groups attached to an aromatic ring is 1. The normalized spacial score (nSPS) is 10.6. The lowest BCUT2D eigenvalue weighted by atomic mass is 10.7. The van der Waals surface area contributed by atoms with Crippen molar-refractivity contribution in [3.8, 4) is 0 Å². The van der Waals surface area contributed by atoms with Crippen LogP contribution in [0.4, 0.5) is 5.82 Å². The van der Waals surface area contributed by atoms with E-state index in [1.54, 1.807) is 7.05 Å². The number of anilines is 1. The third kappa shape index (κ3) is 0.642. The molecule has 0 atom stereocenters. The monoisotopic (exact) mass is 153 g/mol. The van der Waals surface area contributed by atoms with Crippen molar-refractivity contribution in [3.05, 3.63) is 6.33 Å². The molecule has 0 unspecified atom stereocenters. The van der Waals surface area contributed by atoms with Gasteiger partial charge in [0.25, 0.3) is 0 Å². The summed E-state index contributed by atoms with van der Waals surface area (Å²) in [7, 11) is 1.74. The quantitative estimate of drug-likeness (QED) is 0.530. The van der Waals surface area contributed by atoms with Crippen molar-refractivity contribution in [2.75, 3.05) is 18.2 Å². The third-order valence-corrected chi connectivity index (χ3v) is 1.38. The van der Waals surface area contributed by atoms with E-state index in [1.165, 1.54) is 15.6 Å². The highest BCUT2D eigenvalue weighted by atomic mass is 15.6. The molecule has 0 spiro atoms. The third-order valence-electron chi connectivity index (χ3n) is 1.38. The van der Waals surface area contributed by atoms with Gasteiger partial charge < -0.3 is 11.2 Å². The molecule has 11 heavy (non-hydrogen) atoms. The standard InChI is InChI=1S/C4H7N7/c1-6-11-4-3(5)8-9-10(4)2-7-11/h2,6H,5H2,1H3. The Hall–Kier alpha value is -1.79. The molecule has 2 aromatic rings. The first-order valence-corrected chi connectivity index (χ1v) is 3.05. The Morgan fingerprint density at radius 1 is 1.64 bits per heavy atom. The molecule has 2 heterocycles. The van der Waals surface area contributed by atoms with Gasteiger partial charge in [-0.05, 0) is 0 Å². The summed E-state index contributed by atoms with van der Waals surface area (Å²) in [5, 5.41) is 11.3. The predicted octanol–water partition coefficient (Wildman–Crippen LogP) is -1.32. The van der Waals surface area contributed by atoms with Gasteiger partial charge in [0.2, 0.25) is 5.65 Å². The molecule has 2 rings (SSSR count). The minimum Gasteiger partial charge on any atom is -0.379 e. The number of rotatable bonds is 1. The molecule has 0 aliphatic heterocycles. The molecule has 0 aliphatic rings. The maximum absolute atomic E-state index is 5.50. The Bertz CT molecular complexity index is 371. The van der Waals surface area contributed by atoms with E-state index in [4.69, 9.17) is 5.73 Å². The maximum atomic E-state index is 5.50. The lowest BCUT2D eigenvalue weighted by Gasteiger charge is -1.96. The number of nitrogens with zero attached hydrogens (tertiary/aromatic N) is 5. The van der Waals surface area contributed by atoms with Gasteiger partial charge in [-0.1, -0.05) is 5.21 Å². The Morgan fingerprint density at radius 2 is 2.45 bits per heavy atom. The summed E-state index contributed by atoms with van der Waals surface area (Å²) in [4.78, 5) is 1.50. The van der Waals surface area contributed by atoms with Crippen LogP contribution in [0, 0.1) is 0 Å². The van der Waals surface area contributed by atoms with Crippen LogP contribution >= 0.6 is 0 Å². The van der Waals surface area contributed by atoms with E-state index in [-0.39, 0.29) is 0 Å². The average molecular weight is 153 g/mol. The fourth-order valence-corrected chi connectivity index (χ4v) is 0.903. The summed E-state index contributed by atoms with van der Waals surface area (Å²) in [5.41, 5.74) is 8.95. The average Bonchev–Trinajstić information content (AvgIpc) is 2.54. The molecule has 0 bridgehead atoms. The summed E-state index contributed by atoms with van der Waals surface area (Å²) >= 11 is 0. The van der Waals surface area contributed by atoms with E-state index in [0.717, 1.165) is 0 Å². The molecule has 0 aromatic carbocycles. The topological polar surface area (TPSA) is 86.1 Å². The van der Waals surface area contributed by atoms with Crippen LogP contribution in [0.2, 0.25) is 0 Å². The molecule has 2 aromatic heterocycles. The molecule has 3 N–H and O–H groups in total. The highest BCUT2D eigenvalue weighted by molar-refractivity contribution is 5.58. The molecule has 7 heteroatoms. The minimum absolute atomic E-state index is 0.358. The van der Waals surface area contributed by atoms with Crippen LogP contribution in [0.1, 0.15) is 0 Å². The molecule has 58 valence electrons. The maximum Gasteiger partial charge on any atom is 0.220 e. The van der Waals surface area contributed by atoms with Crippen LogP contribution in [0.25, 0.3) is 5.65 Å². The second kappa shape index (κ2) is 1.84. The van der Waals surface area contributed by atoms with E-state index in [1.807, 2.05) is 0 Å². The first-order chi connectivity index (χ1) is 5.33. The van der Waals surface area contributed by atoms with Gasteiger partial charge in [-0.2, -0.15) is 9.31 Å². The highest BCUT2D eigenvalue weighted by Crippen LogP contribution is 2.05. The summed E-state index contributed by atoms with van der Waals surface area (Å²) < 4.78 is 1.49. The second-order valence-electron chi connectivity index (χ2n) is 2.01. The first-order valence-electron chi connectivity index (χ1n) is 3.05. The van der Waals surface area contributed by atoms with Crippen molar-refractivity contribution in [3.63, 3.8) is 0 Å². The van der Waals surface area contributed by atoms with Gasteiger partial charge in [-0.25, -0.2) is 0 Å². The van der Waals surface area contributed by atoms with Crippen molar-refractivity contribution in [2.24, 2.45) is 0 Å². The highest BCUT2D eigenvalue weighted by Gasteiger charge is 2.06. The molecule has 0 saturated carbocycles. The number of hydrogen-bond donors (Lipinski definition) is 2. The van der Waals surface area contributed by atoms with E-state index >= 15 is 0 Å². The molecule has 7 nitrogen and oxygen atoms in total. The smallest absolute Gasteiger partial charge is 0.220 e. The van der Waals surface area contributed by atoms with Gasteiger partial charge >= 0.3 is 0 Å². The number of fused-ring (bicyclic) bond motifs is 1. The lowest BCUT2D eigenvalue weighted by molar-refractivity contribution is 0.807. The number of nitrogens with two attached hydrogens (primary N) is 1. The van der Waals surface area contributed by atoms with Crippen molar-refractivity contribution < 1.29 is 0 Å². The molecule has 0 amide bonds. The zero-order chi connectivity index (χ0) is 7.84. The van der Waals surface area contributed by atoms with Crippen molar-refractivity contribution in [2.45, 2.75) is 0 Å². The molecule has 0 radical (unpaired) electrons. The Labute approximate surface area is 61.8 Å². The van der Waals surface area contributed by atoms with Crippen LogP contribution < -0.4 is 11.2 Å². The fraction of sp³-hybridized carbons (Fsp3) is 0.250. The molecular weight excluding hydrogens is 146 g/mol. The second-order valence-corrected chi connectivity index (χ2v) is 2.01. The Kier molecular flexibility index (Phi) is 0.999. The van der Waals surface area contributed by atoms with Gasteiger partial charge in [-0.3, -0.25) is 0 Å². The van der Waals surface area contributed by atoms with Crippen LogP contribution in [-0.2, 0) is 0 Å². The lowest BCUT2D eigenvalue weighted by Crippen LogP contribution is -2.10. The van der Waals surface area contributed by atoms with Crippen molar-refractivity contribution in [1.82, 2.24) is 24.7 Å². The molecule has 0 saturated heterocycles. The largest absolute Gasteiger partial charge is 0.379 e. The SMILES string of the molecule is CNn1ncn2nnc(N)c12. The number of nitrogens with one attached hydrogen (secondary N) is 1. The van der Waals surface area contributed by atoms with Gasteiger partial charge in [0.15, 0.2) is 5.82 Å². The van der Waals surface area contributed by atoms with Crippen LogP contribution in [0.15, 0.2) is 6.33 Å². The van der Waals surface area contributed by atoms with E-state index in [0.29, 0.717) is 11.5 Å². The van der Waals surface area contributed by atoms with Gasteiger partial charge in [0.1, 0.15) is 6.33 Å². The molecular formula is C4H7N7. The Morgan fingerprint density at radius 3 is 3.18 bits per heavy atom. The van der Waals surface area contributed by atoms with Gasteiger partial charge in [-0.15, -0.1) is 10.2 Å². The zero-order valence-corrected chi connectivity index (χ0v) is 5.89. The van der Waals surface area contributed by atoms with E-state index in [2.05, 4.69) is 20.8 Å². The summed E-state index contributed by atoms with van der Waals surface area (Å²) in [6.45, 7) is 0. The minimum atomic E-state index is 0.358. The Balaban J connectivity index is 2.80. The van der Waals surface area contributed by atoms with Crippen LogP contribution in [0.3, 0.4) is 0 Å². The van der Waals surface area contributed by atoms with Crippen molar-refractivity contribution >= 4 is 11.5 Å². The number of aromatic nitrogens is 5. The summed E-state index contributed by atoms with van der Waals surface area (Å²) in [6.07, 6.45) is 1.52. The molecule has 0 aliphatic carbocycles.